The lowest BCUT2D eigenvalue weighted by Crippen LogP contribution is -2.38. The van der Waals surface area contributed by atoms with Gasteiger partial charge < -0.3 is 24.8 Å². The minimum Gasteiger partial charge on any atom is -0.480 e. The lowest BCUT2D eigenvalue weighted by atomic mass is 9.98. The summed E-state index contributed by atoms with van der Waals surface area (Å²) in [5, 5.41) is 11.4. The van der Waals surface area contributed by atoms with Crippen molar-refractivity contribution in [2.75, 3.05) is 39.5 Å². The molecule has 0 radical (unpaired) electrons. The molecule has 0 aliphatic heterocycles. The third kappa shape index (κ3) is 5.65. The van der Waals surface area contributed by atoms with Gasteiger partial charge in [-0.2, -0.15) is 0 Å². The molecule has 2 aromatic rings. The van der Waals surface area contributed by atoms with Gasteiger partial charge in [0, 0.05) is 12.5 Å². The lowest BCUT2D eigenvalue weighted by Gasteiger charge is -2.18. The van der Waals surface area contributed by atoms with Crippen molar-refractivity contribution in [3.8, 4) is 23.5 Å². The third-order valence-electron chi connectivity index (χ3n) is 5.05. The van der Waals surface area contributed by atoms with Gasteiger partial charge in [-0.15, -0.1) is 6.42 Å². The molecule has 8 heteroatoms. The topological polar surface area (TPSA) is 105 Å². The molecule has 8 nitrogen and oxygen atoms in total. The van der Waals surface area contributed by atoms with Crippen LogP contribution >= 0.6 is 0 Å². The maximum absolute atomic E-state index is 12.1. The molecule has 0 atom stereocenters. The summed E-state index contributed by atoms with van der Waals surface area (Å²) in [6.07, 6.45) is 4.56. The van der Waals surface area contributed by atoms with Crippen LogP contribution in [0.3, 0.4) is 0 Å². The average Bonchev–Trinajstić information content (AvgIpc) is 3.10. The first-order valence-corrected chi connectivity index (χ1v) is 10.1. The average molecular weight is 436 g/mol. The fraction of sp³-hybridized carbons (Fsp3) is 0.292. The van der Waals surface area contributed by atoms with E-state index in [-0.39, 0.29) is 38.8 Å². The molecule has 1 aliphatic rings. The Labute approximate surface area is 186 Å². The van der Waals surface area contributed by atoms with Crippen LogP contribution in [-0.2, 0) is 19.1 Å². The Kier molecular flexibility index (Phi) is 7.84. The highest BCUT2D eigenvalue weighted by molar-refractivity contribution is 5.82. The van der Waals surface area contributed by atoms with Crippen LogP contribution in [0.2, 0.25) is 0 Å². The molecule has 0 unspecified atom stereocenters. The van der Waals surface area contributed by atoms with Crippen LogP contribution in [0.4, 0.5) is 4.79 Å². The molecule has 0 saturated carbocycles. The Hall–Kier alpha value is -3.83. The molecular formula is C24H24N2O6. The number of aliphatic carboxylic acids is 1. The molecule has 0 bridgehead atoms. The van der Waals surface area contributed by atoms with Crippen LogP contribution in [0, 0.1) is 12.3 Å². The van der Waals surface area contributed by atoms with Gasteiger partial charge in [-0.1, -0.05) is 54.5 Å². The number of nitrogens with zero attached hydrogens (tertiary/aromatic N) is 1. The van der Waals surface area contributed by atoms with Crippen molar-refractivity contribution in [2.24, 2.45) is 0 Å². The molecule has 0 spiro atoms. The number of benzene rings is 2. The maximum Gasteiger partial charge on any atom is 0.407 e. The predicted octanol–water partition coefficient (Wildman–Crippen LogP) is 2.09. The van der Waals surface area contributed by atoms with E-state index < -0.39 is 24.5 Å². The van der Waals surface area contributed by atoms with Gasteiger partial charge in [-0.05, 0) is 22.3 Å². The van der Waals surface area contributed by atoms with Gasteiger partial charge in [0.25, 0.3) is 0 Å². The second kappa shape index (κ2) is 11.0. The van der Waals surface area contributed by atoms with E-state index in [1.165, 1.54) is 0 Å². The quantitative estimate of drug-likeness (QED) is 0.437. The van der Waals surface area contributed by atoms with Crippen LogP contribution in [0.1, 0.15) is 17.0 Å². The number of rotatable bonds is 10. The zero-order valence-corrected chi connectivity index (χ0v) is 17.5. The number of carboxylic acid groups (broad SMARTS) is 1. The highest BCUT2D eigenvalue weighted by atomic mass is 16.5. The summed E-state index contributed by atoms with van der Waals surface area (Å²) >= 11 is 0. The molecule has 2 N–H and O–H groups in total. The molecule has 1 aliphatic carbocycles. The van der Waals surface area contributed by atoms with Crippen molar-refractivity contribution in [3.05, 3.63) is 59.7 Å². The van der Waals surface area contributed by atoms with Gasteiger partial charge in [-0.3, -0.25) is 9.59 Å². The third-order valence-corrected chi connectivity index (χ3v) is 5.05. The number of hydrogen-bond donors (Lipinski definition) is 2. The molecule has 0 heterocycles. The molecule has 0 saturated heterocycles. The number of carbonyl (C=O) groups is 3. The van der Waals surface area contributed by atoms with E-state index in [2.05, 4.69) is 23.4 Å². The number of alkyl carbamates (subject to hydrolysis) is 1. The van der Waals surface area contributed by atoms with Crippen molar-refractivity contribution in [1.82, 2.24) is 10.2 Å². The Morgan fingerprint density at radius 2 is 1.69 bits per heavy atom. The zero-order valence-electron chi connectivity index (χ0n) is 17.5. The van der Waals surface area contributed by atoms with Crippen molar-refractivity contribution >= 4 is 18.0 Å². The van der Waals surface area contributed by atoms with E-state index in [1.807, 2.05) is 36.4 Å². The highest BCUT2D eigenvalue weighted by Gasteiger charge is 2.28. The van der Waals surface area contributed by atoms with E-state index in [4.69, 9.17) is 21.0 Å². The SMILES string of the molecule is C#CCN(CC(=O)O)C(=O)COCCNC(=O)OCC1c2ccccc2-c2ccccc21. The molecule has 2 amide bonds. The Morgan fingerprint density at radius 3 is 2.28 bits per heavy atom. The second-order valence-electron chi connectivity index (χ2n) is 7.15. The van der Waals surface area contributed by atoms with Crippen LogP contribution in [0.15, 0.2) is 48.5 Å². The minimum atomic E-state index is -1.16. The molecule has 2 aromatic carbocycles. The predicted molar refractivity (Wildman–Crippen MR) is 117 cm³/mol. The van der Waals surface area contributed by atoms with E-state index in [9.17, 15) is 14.4 Å². The first-order chi connectivity index (χ1) is 15.5. The molecule has 32 heavy (non-hydrogen) atoms. The Morgan fingerprint density at radius 1 is 1.06 bits per heavy atom. The fourth-order valence-electron chi connectivity index (χ4n) is 3.63. The van der Waals surface area contributed by atoms with Gasteiger partial charge in [0.2, 0.25) is 5.91 Å². The van der Waals surface area contributed by atoms with Gasteiger partial charge in [0.05, 0.1) is 13.2 Å². The number of ether oxygens (including phenoxy) is 2. The monoisotopic (exact) mass is 436 g/mol. The van der Waals surface area contributed by atoms with Crippen molar-refractivity contribution in [3.63, 3.8) is 0 Å². The number of terminal acetylenes is 1. The van der Waals surface area contributed by atoms with E-state index >= 15 is 0 Å². The van der Waals surface area contributed by atoms with Crippen LogP contribution in [0.5, 0.6) is 0 Å². The van der Waals surface area contributed by atoms with E-state index in [0.29, 0.717) is 0 Å². The summed E-state index contributed by atoms with van der Waals surface area (Å²) in [7, 11) is 0. The first-order valence-electron chi connectivity index (χ1n) is 10.1. The summed E-state index contributed by atoms with van der Waals surface area (Å²) < 4.78 is 10.6. The molecule has 166 valence electrons. The van der Waals surface area contributed by atoms with Crippen LogP contribution in [0.25, 0.3) is 11.1 Å². The fourth-order valence-corrected chi connectivity index (χ4v) is 3.63. The first kappa shape index (κ1) is 22.8. The molecule has 0 aromatic heterocycles. The minimum absolute atomic E-state index is 0.0293. The van der Waals surface area contributed by atoms with Gasteiger partial charge >= 0.3 is 12.1 Å². The molecular weight excluding hydrogens is 412 g/mol. The van der Waals surface area contributed by atoms with Gasteiger partial charge in [0.1, 0.15) is 19.8 Å². The number of hydrogen-bond acceptors (Lipinski definition) is 5. The number of amides is 2. The smallest absolute Gasteiger partial charge is 0.407 e. The highest BCUT2D eigenvalue weighted by Crippen LogP contribution is 2.44. The van der Waals surface area contributed by atoms with Crippen LogP contribution < -0.4 is 5.32 Å². The Balaban J connectivity index is 1.41. The zero-order chi connectivity index (χ0) is 22.9. The molecule has 0 fully saturated rings. The summed E-state index contributed by atoms with van der Waals surface area (Å²) in [4.78, 5) is 35.8. The molecule has 3 rings (SSSR count). The largest absolute Gasteiger partial charge is 0.480 e. The van der Waals surface area contributed by atoms with Gasteiger partial charge in [-0.25, -0.2) is 4.79 Å². The lowest BCUT2D eigenvalue weighted by molar-refractivity contribution is -0.145. The van der Waals surface area contributed by atoms with Gasteiger partial charge in [0.15, 0.2) is 0 Å². The number of carboxylic acids is 1. The van der Waals surface area contributed by atoms with Crippen molar-refractivity contribution < 1.29 is 29.0 Å². The second-order valence-corrected chi connectivity index (χ2v) is 7.15. The maximum atomic E-state index is 12.1. The van der Waals surface area contributed by atoms with E-state index in [1.54, 1.807) is 0 Å². The normalized spacial score (nSPS) is 11.7. The summed E-state index contributed by atoms with van der Waals surface area (Å²) in [6, 6.07) is 16.1. The number of carbonyl (C=O) groups excluding carboxylic acids is 2. The standard InChI is InChI=1S/C24H24N2O6/c1-2-12-26(14-23(28)29)22(27)16-31-13-11-25-24(30)32-15-21-19-9-5-3-7-17(19)18-8-4-6-10-20(18)21/h1,3-10,21H,11-16H2,(H,25,30)(H,28,29). The van der Waals surface area contributed by atoms with Crippen molar-refractivity contribution in [2.45, 2.75) is 5.92 Å². The summed E-state index contributed by atoms with van der Waals surface area (Å²) in [6.45, 7) is -0.543. The van der Waals surface area contributed by atoms with Crippen molar-refractivity contribution in [1.29, 1.82) is 0 Å². The summed E-state index contributed by atoms with van der Waals surface area (Å²) in [5.74, 6) is 0.506. The Bertz CT molecular complexity index is 984. The van der Waals surface area contributed by atoms with E-state index in [0.717, 1.165) is 27.2 Å². The number of fused-ring (bicyclic) bond motifs is 3. The summed E-state index contributed by atoms with van der Waals surface area (Å²) in [5.41, 5.74) is 4.55. The van der Waals surface area contributed by atoms with Crippen LogP contribution in [-0.4, -0.2) is 67.4 Å². The number of nitrogens with one attached hydrogen (secondary N) is 1.